The minimum atomic E-state index is -4.48. The van der Waals surface area contributed by atoms with Crippen LogP contribution in [0.5, 0.6) is 5.75 Å². The topological polar surface area (TPSA) is 26.3 Å². The summed E-state index contributed by atoms with van der Waals surface area (Å²) in [7, 11) is 0. The molecule has 0 unspecified atom stereocenters. The monoisotopic (exact) mass is 332 g/mol. The fourth-order valence-corrected chi connectivity index (χ4v) is 1.92. The predicted octanol–water partition coefficient (Wildman–Crippen LogP) is 4.90. The van der Waals surface area contributed by atoms with E-state index in [1.165, 1.54) is 30.3 Å². The van der Waals surface area contributed by atoms with E-state index in [0.717, 1.165) is 6.07 Å². The van der Waals surface area contributed by atoms with E-state index >= 15 is 0 Å². The van der Waals surface area contributed by atoms with Gasteiger partial charge in [0.25, 0.3) is 0 Å². The Morgan fingerprint density at radius 3 is 2.45 bits per heavy atom. The van der Waals surface area contributed by atoms with Crippen LogP contribution in [0.4, 0.5) is 17.6 Å². The molecule has 0 heterocycles. The lowest BCUT2D eigenvalue weighted by molar-refractivity contribution is -0.153. The fraction of sp³-hybridized carbons (Fsp3) is 0.133. The maximum absolute atomic E-state index is 13.5. The largest absolute Gasteiger partial charge is 0.484 e. The number of aldehydes is 1. The van der Waals surface area contributed by atoms with E-state index in [9.17, 15) is 22.4 Å². The van der Waals surface area contributed by atoms with Gasteiger partial charge in [-0.1, -0.05) is 17.7 Å². The molecule has 0 aliphatic rings. The van der Waals surface area contributed by atoms with Gasteiger partial charge in [-0.05, 0) is 41.5 Å². The van der Waals surface area contributed by atoms with Crippen LogP contribution < -0.4 is 4.74 Å². The Kier molecular flexibility index (Phi) is 4.71. The summed E-state index contributed by atoms with van der Waals surface area (Å²) in [6.07, 6.45) is -3.95. The molecule has 2 aromatic carbocycles. The SMILES string of the molecule is O=Cc1ccc(OCC(F)(F)F)cc1-c1ccc(Cl)c(F)c1. The van der Waals surface area contributed by atoms with E-state index < -0.39 is 18.6 Å². The first-order valence-electron chi connectivity index (χ1n) is 6.04. The molecule has 0 bridgehead atoms. The van der Waals surface area contributed by atoms with Crippen molar-refractivity contribution >= 4 is 17.9 Å². The molecule has 2 aromatic rings. The summed E-state index contributed by atoms with van der Waals surface area (Å²) in [6.45, 7) is -1.46. The van der Waals surface area contributed by atoms with Crippen molar-refractivity contribution < 1.29 is 27.1 Å². The molecule has 0 fully saturated rings. The van der Waals surface area contributed by atoms with Crippen molar-refractivity contribution in [3.63, 3.8) is 0 Å². The molecule has 0 amide bonds. The number of rotatable bonds is 4. The Hall–Kier alpha value is -2.08. The molecule has 0 saturated heterocycles. The molecule has 0 aliphatic carbocycles. The standard InChI is InChI=1S/C15H9ClF4O2/c16-13-4-2-9(5-14(13)17)12-6-11(3-1-10(12)7-21)22-8-15(18,19)20/h1-7H,8H2. The van der Waals surface area contributed by atoms with Gasteiger partial charge in [-0.2, -0.15) is 13.2 Å². The van der Waals surface area contributed by atoms with Crippen LogP contribution in [0.15, 0.2) is 36.4 Å². The zero-order chi connectivity index (χ0) is 16.3. The maximum atomic E-state index is 13.5. The van der Waals surface area contributed by atoms with Crippen molar-refractivity contribution in [3.8, 4) is 16.9 Å². The summed E-state index contributed by atoms with van der Waals surface area (Å²) >= 11 is 5.58. The summed E-state index contributed by atoms with van der Waals surface area (Å²) in [4.78, 5) is 11.0. The number of benzene rings is 2. The lowest BCUT2D eigenvalue weighted by Gasteiger charge is -2.12. The van der Waals surface area contributed by atoms with Gasteiger partial charge in [0.1, 0.15) is 11.6 Å². The average molecular weight is 333 g/mol. The van der Waals surface area contributed by atoms with Gasteiger partial charge < -0.3 is 4.74 Å². The van der Waals surface area contributed by atoms with Crippen LogP contribution in [0.1, 0.15) is 10.4 Å². The van der Waals surface area contributed by atoms with Crippen molar-refractivity contribution in [2.45, 2.75) is 6.18 Å². The lowest BCUT2D eigenvalue weighted by Crippen LogP contribution is -2.19. The molecule has 0 aromatic heterocycles. The van der Waals surface area contributed by atoms with E-state index in [1.807, 2.05) is 0 Å². The van der Waals surface area contributed by atoms with Crippen LogP contribution in [-0.4, -0.2) is 19.1 Å². The Labute approximate surface area is 128 Å². The van der Waals surface area contributed by atoms with Crippen molar-refractivity contribution in [2.75, 3.05) is 6.61 Å². The summed E-state index contributed by atoms with van der Waals surface area (Å²) in [5.74, 6) is -0.772. The summed E-state index contributed by atoms with van der Waals surface area (Å²) < 4.78 is 54.6. The maximum Gasteiger partial charge on any atom is 0.422 e. The van der Waals surface area contributed by atoms with Gasteiger partial charge in [-0.3, -0.25) is 4.79 Å². The number of ether oxygens (including phenoxy) is 1. The Bertz CT molecular complexity index is 698. The second-order valence-electron chi connectivity index (χ2n) is 4.40. The molecule has 2 nitrogen and oxygen atoms in total. The number of hydrogen-bond donors (Lipinski definition) is 0. The van der Waals surface area contributed by atoms with E-state index in [1.54, 1.807) is 0 Å². The highest BCUT2D eigenvalue weighted by atomic mass is 35.5. The van der Waals surface area contributed by atoms with Crippen LogP contribution in [0.2, 0.25) is 5.02 Å². The molecular weight excluding hydrogens is 324 g/mol. The summed E-state index contributed by atoms with van der Waals surface area (Å²) in [5.41, 5.74) is 0.757. The quantitative estimate of drug-likeness (QED) is 0.588. The van der Waals surface area contributed by atoms with Crippen molar-refractivity contribution in [2.24, 2.45) is 0 Å². The van der Waals surface area contributed by atoms with Gasteiger partial charge in [0, 0.05) is 5.56 Å². The highest BCUT2D eigenvalue weighted by Gasteiger charge is 2.28. The summed E-state index contributed by atoms with van der Waals surface area (Å²) in [5, 5.41) is -0.0964. The predicted molar refractivity (Wildman–Crippen MR) is 73.8 cm³/mol. The normalized spacial score (nSPS) is 11.3. The number of halogens is 5. The van der Waals surface area contributed by atoms with Gasteiger partial charge in [-0.25, -0.2) is 4.39 Å². The van der Waals surface area contributed by atoms with Gasteiger partial charge >= 0.3 is 6.18 Å². The van der Waals surface area contributed by atoms with Crippen LogP contribution in [0.3, 0.4) is 0 Å². The Balaban J connectivity index is 2.39. The number of carbonyl (C=O) groups is 1. The molecule has 0 atom stereocenters. The van der Waals surface area contributed by atoms with Crippen molar-refractivity contribution in [1.29, 1.82) is 0 Å². The minimum absolute atomic E-state index is 0.0757. The van der Waals surface area contributed by atoms with E-state index in [2.05, 4.69) is 4.74 Å². The van der Waals surface area contributed by atoms with Crippen molar-refractivity contribution in [3.05, 3.63) is 52.8 Å². The van der Waals surface area contributed by atoms with E-state index in [0.29, 0.717) is 11.8 Å². The number of alkyl halides is 3. The molecule has 0 saturated carbocycles. The molecule has 0 radical (unpaired) electrons. The smallest absolute Gasteiger partial charge is 0.422 e. The second kappa shape index (κ2) is 6.36. The molecular formula is C15H9ClF4O2. The number of hydrogen-bond acceptors (Lipinski definition) is 2. The first-order valence-corrected chi connectivity index (χ1v) is 6.42. The third-order valence-electron chi connectivity index (χ3n) is 2.78. The minimum Gasteiger partial charge on any atom is -0.484 e. The molecule has 22 heavy (non-hydrogen) atoms. The van der Waals surface area contributed by atoms with Crippen LogP contribution in [0, 0.1) is 5.82 Å². The zero-order valence-corrected chi connectivity index (χ0v) is 11.7. The lowest BCUT2D eigenvalue weighted by atomic mass is 10.00. The van der Waals surface area contributed by atoms with Crippen molar-refractivity contribution in [1.82, 2.24) is 0 Å². The number of carbonyl (C=O) groups excluding carboxylic acids is 1. The first kappa shape index (κ1) is 16.3. The van der Waals surface area contributed by atoms with Crippen LogP contribution in [0.25, 0.3) is 11.1 Å². The molecule has 2 rings (SSSR count). The second-order valence-corrected chi connectivity index (χ2v) is 4.81. The van der Waals surface area contributed by atoms with Crippen LogP contribution in [-0.2, 0) is 0 Å². The Morgan fingerprint density at radius 1 is 1.14 bits per heavy atom. The highest BCUT2D eigenvalue weighted by molar-refractivity contribution is 6.30. The highest BCUT2D eigenvalue weighted by Crippen LogP contribution is 2.30. The molecule has 0 spiro atoms. The third kappa shape index (κ3) is 3.98. The van der Waals surface area contributed by atoms with Gasteiger partial charge in [0.2, 0.25) is 0 Å². The summed E-state index contributed by atoms with van der Waals surface area (Å²) in [6, 6.07) is 7.65. The molecule has 0 N–H and O–H groups in total. The zero-order valence-electron chi connectivity index (χ0n) is 11.0. The van der Waals surface area contributed by atoms with Gasteiger partial charge in [-0.15, -0.1) is 0 Å². The van der Waals surface area contributed by atoms with E-state index in [-0.39, 0.29) is 21.9 Å². The fourth-order valence-electron chi connectivity index (χ4n) is 1.81. The Morgan fingerprint density at radius 2 is 1.86 bits per heavy atom. The van der Waals surface area contributed by atoms with Crippen LogP contribution >= 0.6 is 11.6 Å². The molecule has 116 valence electrons. The van der Waals surface area contributed by atoms with Gasteiger partial charge in [0.15, 0.2) is 12.9 Å². The third-order valence-corrected chi connectivity index (χ3v) is 3.09. The first-order chi connectivity index (χ1) is 10.3. The average Bonchev–Trinajstić information content (AvgIpc) is 2.47. The van der Waals surface area contributed by atoms with E-state index in [4.69, 9.17) is 11.6 Å². The van der Waals surface area contributed by atoms with Gasteiger partial charge in [0.05, 0.1) is 5.02 Å². The molecule has 7 heteroatoms. The molecule has 0 aliphatic heterocycles.